The Balaban J connectivity index is 1.35. The summed E-state index contributed by atoms with van der Waals surface area (Å²) in [5.41, 5.74) is -0.495. The van der Waals surface area contributed by atoms with Gasteiger partial charge in [0.1, 0.15) is 5.75 Å². The fourth-order valence-electron chi connectivity index (χ4n) is 6.65. The van der Waals surface area contributed by atoms with Crippen LogP contribution < -0.4 is 10.1 Å². The molecule has 8 heteroatoms. The third kappa shape index (κ3) is 3.25. The van der Waals surface area contributed by atoms with Crippen LogP contribution in [0.5, 0.6) is 5.75 Å². The number of carbonyl (C=O) groups is 1. The van der Waals surface area contributed by atoms with Crippen molar-refractivity contribution in [3.05, 3.63) is 29.8 Å². The predicted octanol–water partition coefficient (Wildman–Crippen LogP) is 3.77. The highest BCUT2D eigenvalue weighted by atomic mass is 19.4. The third-order valence-corrected chi connectivity index (χ3v) is 7.41. The quantitative estimate of drug-likeness (QED) is 0.798. The molecule has 5 aliphatic rings. The van der Waals surface area contributed by atoms with Crippen LogP contribution in [0.1, 0.15) is 44.6 Å². The standard InChI is InChI=1S/C21H25F3N2O3/c1-19(15-2-4-16(5-3-15)29-21(22,23)24)11-26(18(27)25-19)17-13-6-12-7-14(17)10-20(28,8-12)9-13/h2-5,12-14,17,28H,6-11H2,1H3,(H,25,27). The van der Waals surface area contributed by atoms with E-state index in [4.69, 9.17) is 0 Å². The fourth-order valence-corrected chi connectivity index (χ4v) is 6.65. The molecule has 0 radical (unpaired) electrons. The van der Waals surface area contributed by atoms with Crippen molar-refractivity contribution in [3.63, 3.8) is 0 Å². The highest BCUT2D eigenvalue weighted by Gasteiger charge is 2.58. The molecule has 6 rings (SSSR count). The number of nitrogens with zero attached hydrogens (tertiary/aromatic N) is 1. The maximum atomic E-state index is 12.9. The summed E-state index contributed by atoms with van der Waals surface area (Å²) in [5, 5.41) is 13.8. The van der Waals surface area contributed by atoms with Gasteiger partial charge < -0.3 is 20.1 Å². The van der Waals surface area contributed by atoms with E-state index in [0.717, 1.165) is 37.7 Å². The van der Waals surface area contributed by atoms with Crippen LogP contribution in [0.4, 0.5) is 18.0 Å². The molecule has 3 atom stereocenters. The molecule has 5 nitrogen and oxygen atoms in total. The zero-order valence-corrected chi connectivity index (χ0v) is 16.2. The summed E-state index contributed by atoms with van der Waals surface area (Å²) in [5.74, 6) is 0.927. The van der Waals surface area contributed by atoms with Crippen molar-refractivity contribution in [3.8, 4) is 5.75 Å². The Morgan fingerprint density at radius 2 is 1.76 bits per heavy atom. The first-order chi connectivity index (χ1) is 13.5. The van der Waals surface area contributed by atoms with Gasteiger partial charge in [-0.2, -0.15) is 0 Å². The van der Waals surface area contributed by atoms with Gasteiger partial charge >= 0.3 is 12.4 Å². The molecule has 1 aromatic carbocycles. The van der Waals surface area contributed by atoms with E-state index in [1.165, 1.54) is 12.1 Å². The minimum absolute atomic E-state index is 0.126. The summed E-state index contributed by atoms with van der Waals surface area (Å²) in [6, 6.07) is 5.70. The SMILES string of the molecule is CC1(c2ccc(OC(F)(F)F)cc2)CN(C2C3CC4CC2CC(O)(C4)C3)C(=O)N1. The van der Waals surface area contributed by atoms with Crippen molar-refractivity contribution in [2.24, 2.45) is 17.8 Å². The first kappa shape index (κ1) is 19.0. The highest BCUT2D eigenvalue weighted by molar-refractivity contribution is 5.79. The third-order valence-electron chi connectivity index (χ3n) is 7.41. The molecule has 4 bridgehead atoms. The molecule has 0 aromatic heterocycles. The van der Waals surface area contributed by atoms with Gasteiger partial charge in [0, 0.05) is 12.6 Å². The van der Waals surface area contributed by atoms with Crippen LogP contribution in [0.2, 0.25) is 0 Å². The number of halogens is 3. The first-order valence-electron chi connectivity index (χ1n) is 10.2. The van der Waals surface area contributed by atoms with E-state index in [2.05, 4.69) is 10.1 Å². The van der Waals surface area contributed by atoms with Gasteiger partial charge in [-0.25, -0.2) is 4.79 Å². The monoisotopic (exact) mass is 410 g/mol. The maximum absolute atomic E-state index is 12.9. The zero-order chi connectivity index (χ0) is 20.6. The topological polar surface area (TPSA) is 61.8 Å². The molecule has 2 N–H and O–H groups in total. The predicted molar refractivity (Wildman–Crippen MR) is 98.0 cm³/mol. The maximum Gasteiger partial charge on any atom is 0.573 e. The van der Waals surface area contributed by atoms with Crippen molar-refractivity contribution in [1.29, 1.82) is 0 Å². The fraction of sp³-hybridized carbons (Fsp3) is 0.667. The summed E-state index contributed by atoms with van der Waals surface area (Å²) in [6.07, 6.45) is -0.194. The van der Waals surface area contributed by atoms with E-state index < -0.39 is 17.5 Å². The number of rotatable bonds is 3. The van der Waals surface area contributed by atoms with E-state index in [1.807, 2.05) is 11.8 Å². The van der Waals surface area contributed by atoms with Crippen LogP contribution in [-0.4, -0.2) is 40.6 Å². The van der Waals surface area contributed by atoms with E-state index >= 15 is 0 Å². The Hall–Kier alpha value is -1.96. The number of urea groups is 1. The summed E-state index contributed by atoms with van der Waals surface area (Å²) in [6.45, 7) is 2.36. The molecule has 1 aliphatic heterocycles. The summed E-state index contributed by atoms with van der Waals surface area (Å²) in [4.78, 5) is 14.8. The van der Waals surface area contributed by atoms with Gasteiger partial charge in [-0.1, -0.05) is 12.1 Å². The number of hydrogen-bond donors (Lipinski definition) is 2. The van der Waals surface area contributed by atoms with Crippen LogP contribution in [0.15, 0.2) is 24.3 Å². The molecule has 3 unspecified atom stereocenters. The van der Waals surface area contributed by atoms with Crippen LogP contribution >= 0.6 is 0 Å². The zero-order valence-electron chi connectivity index (χ0n) is 16.2. The molecular formula is C21H25F3N2O3. The second-order valence-electron chi connectivity index (χ2n) is 9.65. The Bertz CT molecular complexity index is 811. The van der Waals surface area contributed by atoms with Gasteiger partial charge in [0.2, 0.25) is 0 Å². The van der Waals surface area contributed by atoms with Crippen molar-refractivity contribution in [1.82, 2.24) is 10.2 Å². The molecule has 158 valence electrons. The molecule has 0 spiro atoms. The largest absolute Gasteiger partial charge is 0.573 e. The Morgan fingerprint density at radius 3 is 2.31 bits per heavy atom. The second kappa shape index (κ2) is 6.03. The van der Waals surface area contributed by atoms with Crippen molar-refractivity contribution in [2.75, 3.05) is 6.54 Å². The lowest BCUT2D eigenvalue weighted by Crippen LogP contribution is -2.62. The average Bonchev–Trinajstić information content (AvgIpc) is 2.88. The number of benzene rings is 1. The smallest absolute Gasteiger partial charge is 0.406 e. The lowest BCUT2D eigenvalue weighted by Gasteiger charge is -2.59. The summed E-state index contributed by atoms with van der Waals surface area (Å²) in [7, 11) is 0. The number of carbonyl (C=O) groups excluding carboxylic acids is 1. The van der Waals surface area contributed by atoms with Gasteiger partial charge in [0.25, 0.3) is 0 Å². The molecular weight excluding hydrogens is 385 g/mol. The van der Waals surface area contributed by atoms with Gasteiger partial charge in [-0.15, -0.1) is 13.2 Å². The number of amides is 2. The first-order valence-corrected chi connectivity index (χ1v) is 10.2. The Kier molecular flexibility index (Phi) is 3.96. The molecule has 4 aliphatic carbocycles. The molecule has 1 saturated heterocycles. The molecule has 2 amide bonds. The number of hydrogen-bond acceptors (Lipinski definition) is 3. The molecule has 1 aromatic rings. The lowest BCUT2D eigenvalue weighted by atomic mass is 9.52. The van der Waals surface area contributed by atoms with Crippen molar-refractivity contribution >= 4 is 6.03 Å². The Morgan fingerprint density at radius 1 is 1.14 bits per heavy atom. The van der Waals surface area contributed by atoms with Crippen LogP contribution in [0.25, 0.3) is 0 Å². The minimum Gasteiger partial charge on any atom is -0.406 e. The molecule has 4 saturated carbocycles. The number of alkyl halides is 3. The molecule has 1 heterocycles. The number of ether oxygens (including phenoxy) is 1. The Labute approximate surface area is 167 Å². The van der Waals surface area contributed by atoms with Crippen LogP contribution in [0, 0.1) is 17.8 Å². The van der Waals surface area contributed by atoms with Crippen LogP contribution in [0.3, 0.4) is 0 Å². The van der Waals surface area contributed by atoms with Crippen molar-refractivity contribution in [2.45, 2.75) is 62.6 Å². The van der Waals surface area contributed by atoms with Gasteiger partial charge in [0.15, 0.2) is 0 Å². The number of nitrogens with one attached hydrogen (secondary N) is 1. The van der Waals surface area contributed by atoms with Gasteiger partial charge in [-0.3, -0.25) is 0 Å². The van der Waals surface area contributed by atoms with Gasteiger partial charge in [-0.05, 0) is 74.5 Å². The highest BCUT2D eigenvalue weighted by Crippen LogP contribution is 2.57. The lowest BCUT2D eigenvalue weighted by molar-refractivity contribution is -0.274. The van der Waals surface area contributed by atoms with E-state index in [-0.39, 0.29) is 17.8 Å². The summed E-state index contributed by atoms with van der Waals surface area (Å²) >= 11 is 0. The molecule has 29 heavy (non-hydrogen) atoms. The average molecular weight is 410 g/mol. The summed E-state index contributed by atoms with van der Waals surface area (Å²) < 4.78 is 41.1. The van der Waals surface area contributed by atoms with Crippen LogP contribution in [-0.2, 0) is 5.54 Å². The normalized spacial score (nSPS) is 41.0. The number of aliphatic hydroxyl groups is 1. The van der Waals surface area contributed by atoms with Crippen molar-refractivity contribution < 1.29 is 27.8 Å². The van der Waals surface area contributed by atoms with E-state index in [0.29, 0.717) is 24.3 Å². The van der Waals surface area contributed by atoms with Gasteiger partial charge in [0.05, 0.1) is 11.1 Å². The van der Waals surface area contributed by atoms with E-state index in [9.17, 15) is 23.1 Å². The van der Waals surface area contributed by atoms with E-state index in [1.54, 1.807) is 12.1 Å². The second-order valence-corrected chi connectivity index (χ2v) is 9.65. The molecule has 5 fully saturated rings. The minimum atomic E-state index is -4.73.